The van der Waals surface area contributed by atoms with Crippen LogP contribution in [0.15, 0.2) is 41.1 Å². The second kappa shape index (κ2) is 5.05. The van der Waals surface area contributed by atoms with Crippen molar-refractivity contribution >= 4 is 22.2 Å². The number of carbonyl (C=O) groups is 1. The molecule has 2 rings (SSSR count). The summed E-state index contributed by atoms with van der Waals surface area (Å²) in [6, 6.07) is 5.80. The molecule has 0 spiro atoms. The average Bonchev–Trinajstić information content (AvgIpc) is 2.32. The summed E-state index contributed by atoms with van der Waals surface area (Å²) in [7, 11) is 0. The van der Waals surface area contributed by atoms with Gasteiger partial charge in [0.15, 0.2) is 17.9 Å². The van der Waals surface area contributed by atoms with E-state index in [0.29, 0.717) is 16.5 Å². The number of nitrogens with zero attached hydrogens (tertiary/aromatic N) is 1. The number of rotatable bonds is 3. The predicted octanol–water partition coefficient (Wildman–Crippen LogP) is 3.59. The van der Waals surface area contributed by atoms with Crippen LogP contribution in [0.3, 0.4) is 0 Å². The Morgan fingerprint density at radius 1 is 1.35 bits per heavy atom. The molecule has 1 aromatic heterocycles. The largest absolute Gasteiger partial charge is 0.452 e. The Hall–Kier alpha value is -1.75. The van der Waals surface area contributed by atoms with Crippen molar-refractivity contribution in [2.45, 2.75) is 0 Å². The van der Waals surface area contributed by atoms with Crippen molar-refractivity contribution in [3.8, 4) is 11.5 Å². The number of carbonyl (C=O) groups excluding carboxylic acids is 1. The number of aldehydes is 1. The highest BCUT2D eigenvalue weighted by Gasteiger charge is 2.10. The van der Waals surface area contributed by atoms with Gasteiger partial charge in [-0.05, 0) is 34.1 Å². The predicted molar refractivity (Wildman–Crippen MR) is 63.8 cm³/mol. The van der Waals surface area contributed by atoms with Gasteiger partial charge in [0.2, 0.25) is 0 Å². The Kier molecular flexibility index (Phi) is 3.49. The SMILES string of the molecule is O=Cc1cccc(F)c1Oc1cncc(Br)c1. The molecule has 0 aliphatic rings. The molecule has 1 aromatic carbocycles. The number of halogens is 2. The molecule has 5 heteroatoms. The maximum absolute atomic E-state index is 13.5. The van der Waals surface area contributed by atoms with Crippen LogP contribution in [0.5, 0.6) is 11.5 Å². The fourth-order valence-electron chi connectivity index (χ4n) is 1.29. The molecule has 0 bridgehead atoms. The molecule has 17 heavy (non-hydrogen) atoms. The van der Waals surface area contributed by atoms with E-state index in [4.69, 9.17) is 4.74 Å². The second-order valence-corrected chi connectivity index (χ2v) is 4.13. The summed E-state index contributed by atoms with van der Waals surface area (Å²) in [4.78, 5) is 14.6. The Balaban J connectivity index is 2.39. The zero-order valence-electron chi connectivity index (χ0n) is 8.56. The molecule has 2 aromatic rings. The van der Waals surface area contributed by atoms with Crippen molar-refractivity contribution in [1.29, 1.82) is 0 Å². The first-order chi connectivity index (χ1) is 8.20. The molecule has 0 aliphatic heterocycles. The molecular formula is C12H7BrFNO2. The van der Waals surface area contributed by atoms with Crippen LogP contribution in [0.4, 0.5) is 4.39 Å². The lowest BCUT2D eigenvalue weighted by atomic mass is 10.2. The first kappa shape index (κ1) is 11.7. The van der Waals surface area contributed by atoms with Gasteiger partial charge in [-0.1, -0.05) is 6.07 Å². The molecule has 0 unspecified atom stereocenters. The lowest BCUT2D eigenvalue weighted by Crippen LogP contribution is -1.94. The van der Waals surface area contributed by atoms with E-state index >= 15 is 0 Å². The zero-order chi connectivity index (χ0) is 12.3. The van der Waals surface area contributed by atoms with Crippen LogP contribution in [0.1, 0.15) is 10.4 Å². The molecule has 3 nitrogen and oxygen atoms in total. The second-order valence-electron chi connectivity index (χ2n) is 3.22. The van der Waals surface area contributed by atoms with E-state index in [1.54, 1.807) is 12.3 Å². The first-order valence-electron chi connectivity index (χ1n) is 4.73. The summed E-state index contributed by atoms with van der Waals surface area (Å²) in [5.74, 6) is -0.329. The standard InChI is InChI=1S/C12H7BrFNO2/c13-9-4-10(6-15-5-9)17-12-8(7-16)2-1-3-11(12)14/h1-7H. The Labute approximate surface area is 105 Å². The minimum atomic E-state index is -0.588. The van der Waals surface area contributed by atoms with Crippen LogP contribution < -0.4 is 4.74 Å². The van der Waals surface area contributed by atoms with Crippen molar-refractivity contribution < 1.29 is 13.9 Å². The Morgan fingerprint density at radius 3 is 2.88 bits per heavy atom. The van der Waals surface area contributed by atoms with Gasteiger partial charge >= 0.3 is 0 Å². The van der Waals surface area contributed by atoms with Gasteiger partial charge in [0, 0.05) is 10.7 Å². The van der Waals surface area contributed by atoms with E-state index < -0.39 is 5.82 Å². The Bertz CT molecular complexity index is 560. The molecule has 0 atom stereocenters. The fourth-order valence-corrected chi connectivity index (χ4v) is 1.64. The maximum Gasteiger partial charge on any atom is 0.173 e. The molecule has 0 N–H and O–H groups in total. The average molecular weight is 296 g/mol. The highest BCUT2D eigenvalue weighted by atomic mass is 79.9. The smallest absolute Gasteiger partial charge is 0.173 e. The van der Waals surface area contributed by atoms with Gasteiger partial charge in [-0.15, -0.1) is 0 Å². The third kappa shape index (κ3) is 2.68. The van der Waals surface area contributed by atoms with Gasteiger partial charge in [0.1, 0.15) is 5.75 Å². The summed E-state index contributed by atoms with van der Waals surface area (Å²) in [6.07, 6.45) is 3.56. The monoisotopic (exact) mass is 295 g/mol. The number of hydrogen-bond acceptors (Lipinski definition) is 3. The fraction of sp³-hybridized carbons (Fsp3) is 0. The van der Waals surface area contributed by atoms with E-state index in [1.807, 2.05) is 0 Å². The number of benzene rings is 1. The molecule has 0 radical (unpaired) electrons. The number of pyridine rings is 1. The van der Waals surface area contributed by atoms with Crippen LogP contribution in [0.2, 0.25) is 0 Å². The maximum atomic E-state index is 13.5. The molecule has 0 saturated carbocycles. The van der Waals surface area contributed by atoms with Crippen LogP contribution in [-0.4, -0.2) is 11.3 Å². The molecule has 0 amide bonds. The van der Waals surface area contributed by atoms with Gasteiger partial charge in [0.05, 0.1) is 11.8 Å². The number of ether oxygens (including phenoxy) is 1. The summed E-state index contributed by atoms with van der Waals surface area (Å²) in [5, 5.41) is 0. The third-order valence-corrected chi connectivity index (χ3v) is 2.46. The molecule has 0 fully saturated rings. The van der Waals surface area contributed by atoms with Crippen molar-refractivity contribution in [1.82, 2.24) is 4.98 Å². The highest BCUT2D eigenvalue weighted by molar-refractivity contribution is 9.10. The van der Waals surface area contributed by atoms with Crippen LogP contribution >= 0.6 is 15.9 Å². The van der Waals surface area contributed by atoms with Gasteiger partial charge in [-0.25, -0.2) is 4.39 Å². The van der Waals surface area contributed by atoms with Crippen molar-refractivity contribution in [2.75, 3.05) is 0 Å². The minimum Gasteiger partial charge on any atom is -0.452 e. The molecule has 0 aliphatic carbocycles. The first-order valence-corrected chi connectivity index (χ1v) is 5.52. The summed E-state index contributed by atoms with van der Waals surface area (Å²) in [5.41, 5.74) is 0.157. The third-order valence-electron chi connectivity index (χ3n) is 2.02. The summed E-state index contributed by atoms with van der Waals surface area (Å²) < 4.78 is 19.5. The van der Waals surface area contributed by atoms with E-state index in [2.05, 4.69) is 20.9 Å². The number of aromatic nitrogens is 1. The van der Waals surface area contributed by atoms with Gasteiger partial charge in [-0.3, -0.25) is 9.78 Å². The normalized spacial score (nSPS) is 10.0. The molecule has 1 heterocycles. The lowest BCUT2D eigenvalue weighted by molar-refractivity contribution is 0.112. The van der Waals surface area contributed by atoms with Crippen LogP contribution in [-0.2, 0) is 0 Å². The summed E-state index contributed by atoms with van der Waals surface area (Å²) >= 11 is 3.22. The van der Waals surface area contributed by atoms with Crippen LogP contribution in [0, 0.1) is 5.82 Å². The van der Waals surface area contributed by atoms with Crippen molar-refractivity contribution in [2.24, 2.45) is 0 Å². The summed E-state index contributed by atoms with van der Waals surface area (Å²) in [6.45, 7) is 0. The van der Waals surface area contributed by atoms with E-state index in [0.717, 1.165) is 0 Å². The van der Waals surface area contributed by atoms with E-state index in [9.17, 15) is 9.18 Å². The quantitative estimate of drug-likeness (QED) is 0.813. The van der Waals surface area contributed by atoms with Gasteiger partial charge in [0.25, 0.3) is 0 Å². The molecule has 0 saturated heterocycles. The number of hydrogen-bond donors (Lipinski definition) is 0. The van der Waals surface area contributed by atoms with Crippen molar-refractivity contribution in [3.63, 3.8) is 0 Å². The Morgan fingerprint density at radius 2 is 2.18 bits per heavy atom. The van der Waals surface area contributed by atoms with Gasteiger partial charge in [-0.2, -0.15) is 0 Å². The van der Waals surface area contributed by atoms with Gasteiger partial charge < -0.3 is 4.74 Å². The topological polar surface area (TPSA) is 39.2 Å². The van der Waals surface area contributed by atoms with E-state index in [1.165, 1.54) is 24.4 Å². The van der Waals surface area contributed by atoms with Crippen molar-refractivity contribution in [3.05, 3.63) is 52.5 Å². The van der Waals surface area contributed by atoms with E-state index in [-0.39, 0.29) is 11.3 Å². The minimum absolute atomic E-state index is 0.0950. The zero-order valence-corrected chi connectivity index (χ0v) is 10.1. The number of para-hydroxylation sites is 1. The lowest BCUT2D eigenvalue weighted by Gasteiger charge is -2.08. The highest BCUT2D eigenvalue weighted by Crippen LogP contribution is 2.28. The van der Waals surface area contributed by atoms with Crippen LogP contribution in [0.25, 0.3) is 0 Å². The molecular weight excluding hydrogens is 289 g/mol. The molecule has 86 valence electrons.